The molecule has 4 rings (SSSR count). The first-order chi connectivity index (χ1) is 14.4. The molecule has 0 radical (unpaired) electrons. The molecule has 30 heavy (non-hydrogen) atoms. The summed E-state index contributed by atoms with van der Waals surface area (Å²) in [5.74, 6) is 0.0260. The Balaban J connectivity index is 1.57. The maximum absolute atomic E-state index is 14.6. The summed E-state index contributed by atoms with van der Waals surface area (Å²) in [5, 5.41) is 6.89. The Morgan fingerprint density at radius 1 is 1.30 bits per heavy atom. The van der Waals surface area contributed by atoms with Gasteiger partial charge < -0.3 is 15.4 Å². The molecule has 1 saturated carbocycles. The van der Waals surface area contributed by atoms with Crippen LogP contribution in [-0.4, -0.2) is 39.6 Å². The molecule has 2 aliphatic rings. The number of rotatable bonds is 5. The van der Waals surface area contributed by atoms with E-state index in [-0.39, 0.29) is 35.8 Å². The minimum Gasteiger partial charge on any atom is -0.463 e. The zero-order valence-corrected chi connectivity index (χ0v) is 17.7. The second-order valence-corrected chi connectivity index (χ2v) is 8.51. The summed E-state index contributed by atoms with van der Waals surface area (Å²) in [4.78, 5) is 25.5. The van der Waals surface area contributed by atoms with Crippen LogP contribution in [-0.2, 0) is 9.53 Å². The van der Waals surface area contributed by atoms with E-state index in [1.54, 1.807) is 6.20 Å². The fourth-order valence-electron chi connectivity index (χ4n) is 4.14. The molecule has 2 aromatic rings. The van der Waals surface area contributed by atoms with E-state index in [4.69, 9.17) is 16.3 Å². The topological polar surface area (TPSA) is 89.0 Å². The second-order valence-electron chi connectivity index (χ2n) is 8.08. The Kier molecular flexibility index (Phi) is 6.04. The number of aromatic nitrogens is 3. The Bertz CT molecular complexity index is 942. The molecule has 0 amide bonds. The van der Waals surface area contributed by atoms with Crippen molar-refractivity contribution < 1.29 is 13.9 Å². The Morgan fingerprint density at radius 3 is 2.90 bits per heavy atom. The van der Waals surface area contributed by atoms with E-state index < -0.39 is 5.82 Å². The van der Waals surface area contributed by atoms with Crippen LogP contribution in [0, 0.1) is 11.7 Å². The molecule has 3 heterocycles. The van der Waals surface area contributed by atoms with E-state index >= 15 is 0 Å². The van der Waals surface area contributed by atoms with Crippen LogP contribution in [0.3, 0.4) is 0 Å². The van der Waals surface area contributed by atoms with Gasteiger partial charge in [0.1, 0.15) is 11.6 Å². The van der Waals surface area contributed by atoms with Gasteiger partial charge in [-0.3, -0.25) is 4.79 Å². The second kappa shape index (κ2) is 8.71. The van der Waals surface area contributed by atoms with Crippen LogP contribution >= 0.6 is 11.6 Å². The van der Waals surface area contributed by atoms with Gasteiger partial charge in [0, 0.05) is 24.3 Å². The molecule has 1 aliphatic carbocycles. The van der Waals surface area contributed by atoms with E-state index in [0.29, 0.717) is 23.8 Å². The Hall–Kier alpha value is -2.48. The number of halogens is 2. The van der Waals surface area contributed by atoms with Gasteiger partial charge in [-0.1, -0.05) is 24.4 Å². The predicted octanol–water partition coefficient (Wildman–Crippen LogP) is 4.14. The molecule has 0 saturated heterocycles. The molecular weight excluding hydrogens is 409 g/mol. The minimum atomic E-state index is -0.546. The molecule has 2 aromatic heterocycles. The van der Waals surface area contributed by atoms with E-state index in [1.807, 2.05) is 19.9 Å². The van der Waals surface area contributed by atoms with Crippen LogP contribution in [0.25, 0.3) is 0 Å². The van der Waals surface area contributed by atoms with Crippen LogP contribution in [0.1, 0.15) is 56.8 Å². The normalized spacial score (nSPS) is 23.0. The van der Waals surface area contributed by atoms with Crippen LogP contribution in [0.2, 0.25) is 5.02 Å². The number of pyridine rings is 1. The standard InChI is InChI=1S/C21H25ClFN5O2/c1-11(2)30-21(29)13-5-3-4-6-17(13)27-20-16(23)10-26-19(28-20)15-9-25-18-14(15)7-12(22)8-24-18/h7-8,10-11,13,15,17H,3-6,9H2,1-2H3,(H,24,25)(H,26,27,28). The molecule has 7 nitrogen and oxygen atoms in total. The molecule has 160 valence electrons. The molecule has 3 atom stereocenters. The van der Waals surface area contributed by atoms with Crippen molar-refractivity contribution in [1.82, 2.24) is 15.0 Å². The number of nitrogens with zero attached hydrogens (tertiary/aromatic N) is 3. The predicted molar refractivity (Wildman–Crippen MR) is 112 cm³/mol. The van der Waals surface area contributed by atoms with Gasteiger partial charge in [-0.05, 0) is 32.8 Å². The molecule has 2 N–H and O–H groups in total. The Morgan fingerprint density at radius 2 is 2.10 bits per heavy atom. The fourth-order valence-corrected chi connectivity index (χ4v) is 4.30. The number of anilines is 2. The van der Waals surface area contributed by atoms with Crippen molar-refractivity contribution in [2.45, 2.75) is 57.6 Å². The van der Waals surface area contributed by atoms with Crippen molar-refractivity contribution in [3.63, 3.8) is 0 Å². The van der Waals surface area contributed by atoms with Gasteiger partial charge in [0.05, 0.1) is 29.2 Å². The zero-order valence-electron chi connectivity index (χ0n) is 17.0. The highest BCUT2D eigenvalue weighted by Gasteiger charge is 2.34. The highest BCUT2D eigenvalue weighted by Crippen LogP contribution is 2.35. The molecule has 1 fully saturated rings. The lowest BCUT2D eigenvalue weighted by Crippen LogP contribution is -2.39. The molecule has 3 unspecified atom stereocenters. The molecule has 0 aromatic carbocycles. The molecule has 0 spiro atoms. The van der Waals surface area contributed by atoms with Gasteiger partial charge in [0.2, 0.25) is 0 Å². The first kappa shape index (κ1) is 20.8. The molecule has 9 heteroatoms. The SMILES string of the molecule is CC(C)OC(=O)C1CCCCC1Nc1nc(C2CNc3ncc(Cl)cc32)ncc1F. The van der Waals surface area contributed by atoms with Gasteiger partial charge in [-0.25, -0.2) is 19.3 Å². The first-order valence-electron chi connectivity index (χ1n) is 10.3. The maximum Gasteiger partial charge on any atom is 0.311 e. The summed E-state index contributed by atoms with van der Waals surface area (Å²) in [7, 11) is 0. The molecule has 1 aliphatic heterocycles. The number of ether oxygens (including phenoxy) is 1. The first-order valence-corrected chi connectivity index (χ1v) is 10.7. The lowest BCUT2D eigenvalue weighted by atomic mass is 9.84. The van der Waals surface area contributed by atoms with Crippen LogP contribution in [0.15, 0.2) is 18.5 Å². The molecule has 0 bridgehead atoms. The van der Waals surface area contributed by atoms with E-state index in [1.165, 1.54) is 6.20 Å². The summed E-state index contributed by atoms with van der Waals surface area (Å²) in [6.45, 7) is 4.21. The minimum absolute atomic E-state index is 0.109. The van der Waals surface area contributed by atoms with Gasteiger partial charge >= 0.3 is 5.97 Å². The lowest BCUT2D eigenvalue weighted by molar-refractivity contribution is -0.153. The number of hydrogen-bond acceptors (Lipinski definition) is 7. The van der Waals surface area contributed by atoms with Gasteiger partial charge in [-0.15, -0.1) is 0 Å². The average molecular weight is 434 g/mol. The number of carbonyl (C=O) groups excluding carboxylic acids is 1. The van der Waals surface area contributed by atoms with E-state index in [9.17, 15) is 9.18 Å². The maximum atomic E-state index is 14.6. The number of fused-ring (bicyclic) bond motifs is 1. The third kappa shape index (κ3) is 4.33. The fraction of sp³-hybridized carbons (Fsp3) is 0.524. The highest BCUT2D eigenvalue weighted by molar-refractivity contribution is 6.30. The smallest absolute Gasteiger partial charge is 0.311 e. The largest absolute Gasteiger partial charge is 0.463 e. The average Bonchev–Trinajstić information content (AvgIpc) is 3.12. The van der Waals surface area contributed by atoms with Crippen LogP contribution in [0.4, 0.5) is 16.0 Å². The number of hydrogen-bond donors (Lipinski definition) is 2. The zero-order chi connectivity index (χ0) is 21.3. The summed E-state index contributed by atoms with van der Waals surface area (Å²) in [6, 6.07) is 1.60. The van der Waals surface area contributed by atoms with Crippen molar-refractivity contribution in [1.29, 1.82) is 0 Å². The third-order valence-corrected chi connectivity index (χ3v) is 5.76. The van der Waals surface area contributed by atoms with Crippen molar-refractivity contribution >= 4 is 29.2 Å². The van der Waals surface area contributed by atoms with Crippen molar-refractivity contribution in [2.75, 3.05) is 17.2 Å². The summed E-state index contributed by atoms with van der Waals surface area (Å²) < 4.78 is 20.0. The van der Waals surface area contributed by atoms with Crippen LogP contribution < -0.4 is 10.6 Å². The highest BCUT2D eigenvalue weighted by atomic mass is 35.5. The monoisotopic (exact) mass is 433 g/mol. The number of nitrogens with one attached hydrogen (secondary N) is 2. The van der Waals surface area contributed by atoms with E-state index in [2.05, 4.69) is 25.6 Å². The third-order valence-electron chi connectivity index (χ3n) is 5.55. The van der Waals surface area contributed by atoms with Gasteiger partial charge in [0.25, 0.3) is 0 Å². The summed E-state index contributed by atoms with van der Waals surface area (Å²) >= 11 is 6.10. The van der Waals surface area contributed by atoms with Gasteiger partial charge in [-0.2, -0.15) is 0 Å². The van der Waals surface area contributed by atoms with E-state index in [0.717, 1.165) is 30.6 Å². The van der Waals surface area contributed by atoms with Crippen LogP contribution in [0.5, 0.6) is 0 Å². The molecular formula is C21H25ClFN5O2. The van der Waals surface area contributed by atoms with Gasteiger partial charge in [0.15, 0.2) is 11.6 Å². The number of esters is 1. The Labute approximate surface area is 179 Å². The van der Waals surface area contributed by atoms with Crippen molar-refractivity contribution in [2.24, 2.45) is 5.92 Å². The number of carbonyl (C=O) groups is 1. The summed E-state index contributed by atoms with van der Waals surface area (Å²) in [6.07, 6.45) is 5.95. The van der Waals surface area contributed by atoms with Crippen molar-refractivity contribution in [3.8, 4) is 0 Å². The lowest BCUT2D eigenvalue weighted by Gasteiger charge is -2.31. The summed E-state index contributed by atoms with van der Waals surface area (Å²) in [5.41, 5.74) is 0.885. The quantitative estimate of drug-likeness (QED) is 0.685. The van der Waals surface area contributed by atoms with Crippen molar-refractivity contribution in [3.05, 3.63) is 40.7 Å².